The number of aliphatic carboxylic acids is 1. The van der Waals surface area contributed by atoms with Crippen molar-refractivity contribution >= 4 is 12.0 Å². The first kappa shape index (κ1) is 14.8. The molecule has 0 bridgehead atoms. The molecule has 3 N–H and O–H groups in total. The van der Waals surface area contributed by atoms with Crippen molar-refractivity contribution in [1.29, 1.82) is 0 Å². The average Bonchev–Trinajstić information content (AvgIpc) is 2.18. The summed E-state index contributed by atoms with van der Waals surface area (Å²) >= 11 is 0. The maximum Gasteiger partial charge on any atom is 0.326 e. The van der Waals surface area contributed by atoms with E-state index in [9.17, 15) is 9.59 Å². The number of rotatable bonds is 4. The molecule has 0 spiro atoms. The number of carbonyl (C=O) groups is 2. The molecule has 0 unspecified atom stereocenters. The molecule has 0 aromatic rings. The zero-order chi connectivity index (χ0) is 14.0. The van der Waals surface area contributed by atoms with E-state index in [1.165, 1.54) is 6.42 Å². The van der Waals surface area contributed by atoms with Gasteiger partial charge in [-0.2, -0.15) is 0 Å². The minimum Gasteiger partial charge on any atom is -0.480 e. The molecule has 1 saturated carbocycles. The lowest BCUT2D eigenvalue weighted by molar-refractivity contribution is -0.141. The van der Waals surface area contributed by atoms with Gasteiger partial charge in [0, 0.05) is 6.54 Å². The Bertz CT molecular complexity index is 330. The first-order chi connectivity index (χ1) is 8.14. The first-order valence-corrected chi connectivity index (χ1v) is 6.41. The van der Waals surface area contributed by atoms with Crippen LogP contribution < -0.4 is 10.6 Å². The molecule has 1 aliphatic carbocycles. The summed E-state index contributed by atoms with van der Waals surface area (Å²) in [5.41, 5.74) is -0.318. The molecule has 1 fully saturated rings. The van der Waals surface area contributed by atoms with Gasteiger partial charge in [0.2, 0.25) is 0 Å². The van der Waals surface area contributed by atoms with Crippen molar-refractivity contribution in [3.05, 3.63) is 0 Å². The minimum atomic E-state index is -1.01. The molecule has 0 saturated heterocycles. The van der Waals surface area contributed by atoms with Crippen molar-refractivity contribution in [3.8, 4) is 0 Å². The van der Waals surface area contributed by atoms with Gasteiger partial charge in [-0.1, -0.05) is 34.1 Å². The molecule has 0 radical (unpaired) electrons. The van der Waals surface area contributed by atoms with Gasteiger partial charge in [-0.3, -0.25) is 0 Å². The van der Waals surface area contributed by atoms with Crippen molar-refractivity contribution in [2.24, 2.45) is 10.8 Å². The largest absolute Gasteiger partial charge is 0.480 e. The van der Waals surface area contributed by atoms with E-state index in [0.717, 1.165) is 12.8 Å². The lowest BCUT2D eigenvalue weighted by Crippen LogP contribution is -2.53. The third-order valence-corrected chi connectivity index (χ3v) is 3.62. The van der Waals surface area contributed by atoms with Crippen LogP contribution in [0.1, 0.15) is 47.0 Å². The number of carboxylic acids is 1. The highest BCUT2D eigenvalue weighted by atomic mass is 16.4. The number of nitrogens with one attached hydrogen (secondary N) is 2. The Morgan fingerprint density at radius 2 is 1.89 bits per heavy atom. The summed E-state index contributed by atoms with van der Waals surface area (Å²) < 4.78 is 0. The van der Waals surface area contributed by atoms with E-state index in [0.29, 0.717) is 6.54 Å². The lowest BCUT2D eigenvalue weighted by atomic mass is 9.70. The Hall–Kier alpha value is -1.26. The molecule has 0 aromatic heterocycles. The number of hydrogen-bond acceptors (Lipinski definition) is 2. The molecule has 1 aliphatic rings. The normalized spacial score (nSPS) is 19.6. The van der Waals surface area contributed by atoms with E-state index in [4.69, 9.17) is 5.11 Å². The Kier molecular flexibility index (Phi) is 4.24. The van der Waals surface area contributed by atoms with E-state index >= 15 is 0 Å². The molecule has 0 heterocycles. The molecule has 1 atom stereocenters. The zero-order valence-corrected chi connectivity index (χ0v) is 11.7. The highest BCUT2D eigenvalue weighted by Crippen LogP contribution is 2.39. The van der Waals surface area contributed by atoms with Gasteiger partial charge >= 0.3 is 12.0 Å². The second kappa shape index (κ2) is 5.16. The number of carbonyl (C=O) groups excluding carboxylic acids is 1. The average molecular weight is 256 g/mol. The summed E-state index contributed by atoms with van der Waals surface area (Å²) in [7, 11) is 0. The molecular formula is C13H24N2O3. The van der Waals surface area contributed by atoms with Crippen LogP contribution in [-0.4, -0.2) is 29.7 Å². The third-order valence-electron chi connectivity index (χ3n) is 3.62. The van der Waals surface area contributed by atoms with E-state index in [2.05, 4.69) is 17.6 Å². The first-order valence-electron chi connectivity index (χ1n) is 6.41. The lowest BCUT2D eigenvalue weighted by Gasteiger charge is -2.38. The topological polar surface area (TPSA) is 78.4 Å². The Balaban J connectivity index is 2.44. The van der Waals surface area contributed by atoms with Crippen molar-refractivity contribution in [3.63, 3.8) is 0 Å². The van der Waals surface area contributed by atoms with Gasteiger partial charge in [-0.15, -0.1) is 0 Å². The number of urea groups is 1. The number of amides is 2. The molecule has 0 aliphatic heterocycles. The van der Waals surface area contributed by atoms with E-state index in [-0.39, 0.29) is 5.41 Å². The van der Waals surface area contributed by atoms with Crippen molar-refractivity contribution in [2.75, 3.05) is 6.54 Å². The van der Waals surface area contributed by atoms with Crippen LogP contribution >= 0.6 is 0 Å². The summed E-state index contributed by atoms with van der Waals surface area (Å²) in [6.45, 7) is 8.11. The number of carboxylic acid groups (broad SMARTS) is 1. The van der Waals surface area contributed by atoms with Crippen LogP contribution in [0.25, 0.3) is 0 Å². The van der Waals surface area contributed by atoms with Crippen LogP contribution in [-0.2, 0) is 4.79 Å². The van der Waals surface area contributed by atoms with Gasteiger partial charge in [0.05, 0.1) is 0 Å². The van der Waals surface area contributed by atoms with Gasteiger partial charge in [-0.25, -0.2) is 9.59 Å². The quantitative estimate of drug-likeness (QED) is 0.719. The SMILES string of the molecule is CC1(CNC(=O)N[C@@H](C(=O)O)C(C)(C)C)CCC1. The summed E-state index contributed by atoms with van der Waals surface area (Å²) in [6.07, 6.45) is 3.45. The fourth-order valence-electron chi connectivity index (χ4n) is 2.08. The molecule has 0 aromatic carbocycles. The molecule has 5 nitrogen and oxygen atoms in total. The Morgan fingerprint density at radius 3 is 2.22 bits per heavy atom. The monoisotopic (exact) mass is 256 g/mol. The van der Waals surface area contributed by atoms with Crippen LogP contribution in [0.3, 0.4) is 0 Å². The molecular weight excluding hydrogens is 232 g/mol. The summed E-state index contributed by atoms with van der Waals surface area (Å²) in [6, 6.07) is -1.28. The van der Waals surface area contributed by atoms with Crippen LogP contribution in [0.15, 0.2) is 0 Å². The van der Waals surface area contributed by atoms with Gasteiger partial charge in [-0.05, 0) is 23.7 Å². The van der Waals surface area contributed by atoms with Gasteiger partial charge in [0.1, 0.15) is 6.04 Å². The maximum atomic E-state index is 11.7. The second-order valence-corrected chi connectivity index (χ2v) is 6.63. The molecule has 104 valence electrons. The standard InChI is InChI=1S/C13H24N2O3/c1-12(2,3)9(10(16)17)15-11(18)14-8-13(4)6-5-7-13/h9H,5-8H2,1-4H3,(H,16,17)(H2,14,15,18)/t9-/m0/s1. The van der Waals surface area contributed by atoms with Crippen molar-refractivity contribution < 1.29 is 14.7 Å². The smallest absolute Gasteiger partial charge is 0.326 e. The van der Waals surface area contributed by atoms with Crippen LogP contribution in [0.2, 0.25) is 0 Å². The van der Waals surface area contributed by atoms with Crippen molar-refractivity contribution in [1.82, 2.24) is 10.6 Å². The predicted molar refractivity (Wildman–Crippen MR) is 69.4 cm³/mol. The van der Waals surface area contributed by atoms with Crippen LogP contribution in [0, 0.1) is 10.8 Å². The maximum absolute atomic E-state index is 11.7. The van der Waals surface area contributed by atoms with Gasteiger partial charge in [0.25, 0.3) is 0 Å². The predicted octanol–water partition coefficient (Wildman–Crippen LogP) is 1.98. The molecule has 5 heteroatoms. The molecule has 2 amide bonds. The Labute approximate surface area is 108 Å². The summed E-state index contributed by atoms with van der Waals surface area (Å²) in [5.74, 6) is -1.01. The van der Waals surface area contributed by atoms with Gasteiger partial charge < -0.3 is 15.7 Å². The van der Waals surface area contributed by atoms with E-state index < -0.39 is 23.5 Å². The van der Waals surface area contributed by atoms with E-state index in [1.54, 1.807) is 20.8 Å². The van der Waals surface area contributed by atoms with Gasteiger partial charge in [0.15, 0.2) is 0 Å². The fourth-order valence-corrected chi connectivity index (χ4v) is 2.08. The molecule has 18 heavy (non-hydrogen) atoms. The molecule has 1 rings (SSSR count). The summed E-state index contributed by atoms with van der Waals surface area (Å²) in [4.78, 5) is 22.8. The minimum absolute atomic E-state index is 0.192. The summed E-state index contributed by atoms with van der Waals surface area (Å²) in [5, 5.41) is 14.4. The Morgan fingerprint density at radius 1 is 1.33 bits per heavy atom. The van der Waals surface area contributed by atoms with Crippen LogP contribution in [0.4, 0.5) is 4.79 Å². The number of hydrogen-bond donors (Lipinski definition) is 3. The highest BCUT2D eigenvalue weighted by Gasteiger charge is 2.34. The third kappa shape index (κ3) is 3.89. The second-order valence-electron chi connectivity index (χ2n) is 6.63. The zero-order valence-electron chi connectivity index (χ0n) is 11.7. The van der Waals surface area contributed by atoms with E-state index in [1.807, 2.05) is 0 Å². The van der Waals surface area contributed by atoms with Crippen molar-refractivity contribution in [2.45, 2.75) is 53.0 Å². The highest BCUT2D eigenvalue weighted by molar-refractivity contribution is 5.83. The fraction of sp³-hybridized carbons (Fsp3) is 0.846. The van der Waals surface area contributed by atoms with Crippen LogP contribution in [0.5, 0.6) is 0 Å².